The molecule has 0 radical (unpaired) electrons. The Morgan fingerprint density at radius 2 is 1.03 bits per heavy atom. The highest BCUT2D eigenvalue weighted by Crippen LogP contribution is 2.53. The van der Waals surface area contributed by atoms with Crippen molar-refractivity contribution in [2.75, 3.05) is 0 Å². The highest BCUT2D eigenvalue weighted by atomic mass is 14.5. The highest BCUT2D eigenvalue weighted by molar-refractivity contribution is 4.94. The summed E-state index contributed by atoms with van der Waals surface area (Å²) in [5.74, 6) is 7.81. The van der Waals surface area contributed by atoms with E-state index in [1.165, 1.54) is 32.1 Å². The summed E-state index contributed by atoms with van der Waals surface area (Å²) in [4.78, 5) is 0. The monoisotopic (exact) mass is 400 g/mol. The molecule has 0 spiro atoms. The maximum atomic E-state index is 2.40. The van der Waals surface area contributed by atoms with Gasteiger partial charge in [0.05, 0.1) is 0 Å². The van der Waals surface area contributed by atoms with Crippen molar-refractivity contribution in [2.45, 2.75) is 142 Å². The van der Waals surface area contributed by atoms with Crippen molar-refractivity contribution in [3.8, 4) is 0 Å². The lowest BCUT2D eigenvalue weighted by Crippen LogP contribution is -2.30. The predicted octanol–water partition coefficient (Wildman–Crippen LogP) is 9.57. The van der Waals surface area contributed by atoms with Crippen molar-refractivity contribution in [1.82, 2.24) is 0 Å². The molecule has 4 aliphatic rings. The Labute approximate surface area is 183 Å². The molecule has 0 N–H and O–H groups in total. The van der Waals surface area contributed by atoms with Crippen molar-refractivity contribution in [1.29, 1.82) is 0 Å². The van der Waals surface area contributed by atoms with E-state index in [0.717, 1.165) is 41.4 Å². The van der Waals surface area contributed by atoms with Crippen LogP contribution >= 0.6 is 0 Å². The zero-order valence-electron chi connectivity index (χ0n) is 19.9. The van der Waals surface area contributed by atoms with E-state index in [1.807, 2.05) is 0 Å². The molecule has 0 bridgehead atoms. The number of hydrogen-bond acceptors (Lipinski definition) is 0. The molecule has 5 atom stereocenters. The van der Waals surface area contributed by atoms with Gasteiger partial charge in [-0.1, -0.05) is 129 Å². The van der Waals surface area contributed by atoms with Crippen LogP contribution in [0.5, 0.6) is 0 Å². The summed E-state index contributed by atoms with van der Waals surface area (Å²) in [5, 5.41) is 0. The van der Waals surface area contributed by atoms with E-state index in [2.05, 4.69) is 6.92 Å². The summed E-state index contributed by atoms with van der Waals surface area (Å²) in [6, 6.07) is 0. The van der Waals surface area contributed by atoms with Crippen LogP contribution < -0.4 is 0 Å². The first-order chi connectivity index (χ1) is 14.4. The third kappa shape index (κ3) is 5.83. The van der Waals surface area contributed by atoms with Crippen LogP contribution in [0.3, 0.4) is 0 Å². The summed E-state index contributed by atoms with van der Waals surface area (Å²) in [5.41, 5.74) is 0. The summed E-state index contributed by atoms with van der Waals surface area (Å²) >= 11 is 0. The second-order valence-electron chi connectivity index (χ2n) is 11.9. The number of unbranched alkanes of at least 4 members (excludes halogenated alkanes) is 1. The molecule has 168 valence electrons. The summed E-state index contributed by atoms with van der Waals surface area (Å²) < 4.78 is 0. The molecular weight excluding hydrogens is 348 g/mol. The fourth-order valence-electron chi connectivity index (χ4n) is 8.90. The number of hydrogen-bond donors (Lipinski definition) is 0. The van der Waals surface area contributed by atoms with Gasteiger partial charge in [-0.2, -0.15) is 0 Å². The number of rotatable bonds is 9. The lowest BCUT2D eigenvalue weighted by molar-refractivity contribution is 0.118. The van der Waals surface area contributed by atoms with Crippen molar-refractivity contribution < 1.29 is 0 Å². The van der Waals surface area contributed by atoms with Crippen LogP contribution in [-0.4, -0.2) is 0 Å². The minimum Gasteiger partial charge on any atom is -0.0654 e. The smallest absolute Gasteiger partial charge is 0.0326 e. The van der Waals surface area contributed by atoms with Gasteiger partial charge in [0, 0.05) is 0 Å². The zero-order chi connectivity index (χ0) is 19.9. The van der Waals surface area contributed by atoms with E-state index in [-0.39, 0.29) is 0 Å². The molecule has 0 saturated heterocycles. The first-order valence-electron chi connectivity index (χ1n) is 14.4. The summed E-state index contributed by atoms with van der Waals surface area (Å²) in [6.45, 7) is 2.40. The van der Waals surface area contributed by atoms with E-state index in [0.29, 0.717) is 0 Å². The molecule has 0 aromatic rings. The van der Waals surface area contributed by atoms with Gasteiger partial charge in [0.15, 0.2) is 0 Å². The molecule has 0 aliphatic heterocycles. The van der Waals surface area contributed by atoms with Crippen LogP contribution in [0.1, 0.15) is 142 Å². The molecule has 4 aliphatic carbocycles. The molecule has 29 heavy (non-hydrogen) atoms. The first kappa shape index (κ1) is 22.2. The average molecular weight is 401 g/mol. The minimum atomic E-state index is 1.09. The van der Waals surface area contributed by atoms with E-state index in [9.17, 15) is 0 Å². The third-order valence-corrected chi connectivity index (χ3v) is 10.2. The van der Waals surface area contributed by atoms with Crippen LogP contribution in [0.25, 0.3) is 0 Å². The fourth-order valence-corrected chi connectivity index (χ4v) is 8.90. The van der Waals surface area contributed by atoms with Crippen molar-refractivity contribution in [2.24, 2.45) is 41.4 Å². The second kappa shape index (κ2) is 11.6. The topological polar surface area (TPSA) is 0 Å². The Bertz CT molecular complexity index is 439. The zero-order valence-corrected chi connectivity index (χ0v) is 19.9. The van der Waals surface area contributed by atoms with Gasteiger partial charge in [-0.3, -0.25) is 0 Å². The Morgan fingerprint density at radius 3 is 1.72 bits per heavy atom. The van der Waals surface area contributed by atoms with Gasteiger partial charge in [-0.15, -0.1) is 0 Å². The van der Waals surface area contributed by atoms with Gasteiger partial charge in [0.25, 0.3) is 0 Å². The Hall–Kier alpha value is 0. The molecule has 4 fully saturated rings. The molecule has 4 rings (SSSR count). The fraction of sp³-hybridized carbons (Fsp3) is 1.00. The quantitative estimate of drug-likeness (QED) is 0.338. The Balaban J connectivity index is 1.27. The SMILES string of the molecule is CCCC1CCCCC1CCCCC1CCC(C2CCCC2)C1C1CCCCC1. The maximum Gasteiger partial charge on any atom is -0.0326 e. The van der Waals surface area contributed by atoms with Crippen LogP contribution in [0, 0.1) is 41.4 Å². The van der Waals surface area contributed by atoms with Gasteiger partial charge in [-0.05, 0) is 54.3 Å². The highest BCUT2D eigenvalue weighted by Gasteiger charge is 2.44. The Kier molecular flexibility index (Phi) is 8.86. The molecule has 5 unspecified atom stereocenters. The maximum absolute atomic E-state index is 2.40. The first-order valence-corrected chi connectivity index (χ1v) is 14.4. The molecule has 0 heterocycles. The molecule has 0 nitrogen and oxygen atoms in total. The Morgan fingerprint density at radius 1 is 0.483 bits per heavy atom. The van der Waals surface area contributed by atoms with E-state index < -0.39 is 0 Å². The van der Waals surface area contributed by atoms with Crippen LogP contribution in [0.4, 0.5) is 0 Å². The molecular formula is C29H52. The minimum absolute atomic E-state index is 1.09. The third-order valence-electron chi connectivity index (χ3n) is 10.2. The molecule has 0 aromatic carbocycles. The van der Waals surface area contributed by atoms with Crippen molar-refractivity contribution in [3.63, 3.8) is 0 Å². The normalized spacial score (nSPS) is 37.3. The molecule has 0 heteroatoms. The van der Waals surface area contributed by atoms with Crippen LogP contribution in [0.2, 0.25) is 0 Å². The van der Waals surface area contributed by atoms with Gasteiger partial charge < -0.3 is 0 Å². The molecule has 0 aromatic heterocycles. The predicted molar refractivity (Wildman–Crippen MR) is 127 cm³/mol. The van der Waals surface area contributed by atoms with Gasteiger partial charge >= 0.3 is 0 Å². The molecule has 0 amide bonds. The van der Waals surface area contributed by atoms with Crippen molar-refractivity contribution in [3.05, 3.63) is 0 Å². The van der Waals surface area contributed by atoms with E-state index >= 15 is 0 Å². The van der Waals surface area contributed by atoms with Crippen LogP contribution in [0.15, 0.2) is 0 Å². The summed E-state index contributed by atoms with van der Waals surface area (Å²) in [7, 11) is 0. The van der Waals surface area contributed by atoms with Gasteiger partial charge in [0.1, 0.15) is 0 Å². The molecule has 4 saturated carbocycles. The van der Waals surface area contributed by atoms with Gasteiger partial charge in [0.2, 0.25) is 0 Å². The van der Waals surface area contributed by atoms with E-state index in [1.54, 1.807) is 103 Å². The van der Waals surface area contributed by atoms with Crippen molar-refractivity contribution >= 4 is 0 Å². The lowest BCUT2D eigenvalue weighted by Gasteiger charge is -2.38. The standard InChI is InChI=1S/C29H52/c1-2-12-23-13-6-7-14-24(23)15-8-11-20-27-21-22-28(25-16-9-10-17-25)29(27)26-18-4-3-5-19-26/h23-29H,2-22H2,1H3. The van der Waals surface area contributed by atoms with E-state index in [4.69, 9.17) is 0 Å². The summed E-state index contributed by atoms with van der Waals surface area (Å²) in [6.07, 6.45) is 32.6. The lowest BCUT2D eigenvalue weighted by atomic mass is 9.67. The van der Waals surface area contributed by atoms with Crippen LogP contribution in [-0.2, 0) is 0 Å². The van der Waals surface area contributed by atoms with Gasteiger partial charge in [-0.25, -0.2) is 0 Å². The average Bonchev–Trinajstić information content (AvgIpc) is 3.43. The second-order valence-corrected chi connectivity index (χ2v) is 11.9. The largest absolute Gasteiger partial charge is 0.0654 e.